The minimum Gasteiger partial charge on any atom is -0.380 e. The van der Waals surface area contributed by atoms with Crippen LogP contribution < -0.4 is 10.3 Å². The summed E-state index contributed by atoms with van der Waals surface area (Å²) in [7, 11) is 1.99. The van der Waals surface area contributed by atoms with Gasteiger partial charge in [0.05, 0.1) is 13.6 Å². The summed E-state index contributed by atoms with van der Waals surface area (Å²) in [6, 6.07) is 0. The number of anilines is 1. The van der Waals surface area contributed by atoms with Gasteiger partial charge >= 0.3 is 5.65 Å². The van der Waals surface area contributed by atoms with Gasteiger partial charge in [0, 0.05) is 0 Å². The Balaban J connectivity index is 1.53. The molecule has 5 nitrogen and oxygen atoms in total. The fourth-order valence-corrected chi connectivity index (χ4v) is 4.93. The van der Waals surface area contributed by atoms with Crippen molar-refractivity contribution in [3.8, 4) is 0 Å². The molecule has 2 aromatic rings. The Hall–Kier alpha value is -2.43. The number of allylic oxidation sites excluding steroid dienone is 6. The van der Waals surface area contributed by atoms with Crippen LogP contribution in [-0.2, 0) is 13.6 Å². The smallest absolute Gasteiger partial charge is 0.307 e. The third kappa shape index (κ3) is 5.63. The van der Waals surface area contributed by atoms with Gasteiger partial charge in [0.2, 0.25) is 5.52 Å². The maximum Gasteiger partial charge on any atom is 0.307 e. The first kappa shape index (κ1) is 23.2. The van der Waals surface area contributed by atoms with Crippen LogP contribution in [0.2, 0.25) is 0 Å². The standard InChI is InChI=1S/C26H40N5/c1-19(12-13-22-21(3)11-8-15-26(22,4)5)9-7-10-20(2)14-16-31-18-30(6)25-23(31)24(27)28-17-29-25/h9,14,17-18H,7-8,10-13,15-16H2,1-6H3,(H2,27,28,29)/q+1/b19-9+,20-14+. The van der Waals surface area contributed by atoms with Crippen LogP contribution in [0.3, 0.4) is 0 Å². The molecule has 0 spiro atoms. The van der Waals surface area contributed by atoms with Crippen molar-refractivity contribution in [2.24, 2.45) is 12.5 Å². The molecule has 0 bridgehead atoms. The maximum atomic E-state index is 6.08. The van der Waals surface area contributed by atoms with E-state index in [1.54, 1.807) is 11.1 Å². The van der Waals surface area contributed by atoms with Crippen LogP contribution in [0, 0.1) is 5.41 Å². The highest BCUT2D eigenvalue weighted by Crippen LogP contribution is 2.42. The Morgan fingerprint density at radius 2 is 1.94 bits per heavy atom. The molecule has 168 valence electrons. The zero-order chi connectivity index (χ0) is 22.6. The first-order valence-corrected chi connectivity index (χ1v) is 11.6. The fraction of sp³-hybridized carbons (Fsp3) is 0.577. The van der Waals surface area contributed by atoms with E-state index < -0.39 is 0 Å². The minimum absolute atomic E-state index is 0.385. The van der Waals surface area contributed by atoms with Crippen LogP contribution in [0.5, 0.6) is 0 Å². The van der Waals surface area contributed by atoms with E-state index in [0.717, 1.165) is 30.6 Å². The summed E-state index contributed by atoms with van der Waals surface area (Å²) in [5.41, 5.74) is 14.5. The second kappa shape index (κ2) is 9.80. The average molecular weight is 423 g/mol. The molecule has 5 heteroatoms. The number of nitrogens with zero attached hydrogens (tertiary/aromatic N) is 4. The second-order valence-corrected chi connectivity index (χ2v) is 9.95. The van der Waals surface area contributed by atoms with Gasteiger partial charge in [-0.05, 0) is 71.1 Å². The minimum atomic E-state index is 0.385. The third-order valence-corrected chi connectivity index (χ3v) is 6.89. The average Bonchev–Trinajstić information content (AvgIpc) is 3.02. The summed E-state index contributed by atoms with van der Waals surface area (Å²) in [5, 5.41) is 0. The van der Waals surface area contributed by atoms with Gasteiger partial charge in [-0.3, -0.25) is 4.57 Å². The van der Waals surface area contributed by atoms with E-state index >= 15 is 0 Å². The van der Waals surface area contributed by atoms with Gasteiger partial charge in [-0.2, -0.15) is 4.98 Å². The second-order valence-electron chi connectivity index (χ2n) is 9.95. The van der Waals surface area contributed by atoms with Gasteiger partial charge in [0.1, 0.15) is 0 Å². The molecule has 3 rings (SSSR count). The van der Waals surface area contributed by atoms with Crippen molar-refractivity contribution in [1.82, 2.24) is 14.5 Å². The van der Waals surface area contributed by atoms with Crippen LogP contribution in [0.1, 0.15) is 79.6 Å². The molecular weight excluding hydrogens is 382 g/mol. The lowest BCUT2D eigenvalue weighted by Gasteiger charge is -2.35. The quantitative estimate of drug-likeness (QED) is 0.431. The first-order chi connectivity index (χ1) is 14.7. The Morgan fingerprint density at radius 1 is 1.19 bits per heavy atom. The molecule has 0 aromatic carbocycles. The number of hydrogen-bond donors (Lipinski definition) is 1. The molecule has 1 aliphatic rings. The van der Waals surface area contributed by atoms with E-state index in [0.29, 0.717) is 11.2 Å². The molecule has 0 saturated heterocycles. The number of nitrogen functional groups attached to an aromatic ring is 1. The number of aryl methyl sites for hydroxylation is 1. The molecule has 2 aromatic heterocycles. The summed E-state index contributed by atoms with van der Waals surface area (Å²) in [6.07, 6.45) is 16.8. The molecule has 0 saturated carbocycles. The summed E-state index contributed by atoms with van der Waals surface area (Å²) in [5.74, 6) is 0.529. The third-order valence-electron chi connectivity index (χ3n) is 6.89. The molecule has 0 radical (unpaired) electrons. The normalized spacial score (nSPS) is 17.6. The molecular formula is C26H40N5+. The summed E-state index contributed by atoms with van der Waals surface area (Å²) >= 11 is 0. The molecule has 2 N–H and O–H groups in total. The van der Waals surface area contributed by atoms with Gasteiger partial charge < -0.3 is 5.73 Å². The lowest BCUT2D eigenvalue weighted by atomic mass is 9.71. The maximum absolute atomic E-state index is 6.08. The largest absolute Gasteiger partial charge is 0.380 e. The zero-order valence-corrected chi connectivity index (χ0v) is 20.3. The van der Waals surface area contributed by atoms with Crippen molar-refractivity contribution >= 4 is 17.0 Å². The van der Waals surface area contributed by atoms with Crippen LogP contribution in [0.25, 0.3) is 11.2 Å². The van der Waals surface area contributed by atoms with Crippen LogP contribution in [0.4, 0.5) is 5.82 Å². The van der Waals surface area contributed by atoms with E-state index in [1.807, 2.05) is 17.9 Å². The molecule has 0 amide bonds. The lowest BCUT2D eigenvalue weighted by Crippen LogP contribution is -2.26. The van der Waals surface area contributed by atoms with Gasteiger partial charge in [0.25, 0.3) is 0 Å². The number of rotatable bonds is 8. The van der Waals surface area contributed by atoms with Crippen molar-refractivity contribution in [3.05, 3.63) is 47.1 Å². The van der Waals surface area contributed by atoms with Crippen molar-refractivity contribution < 1.29 is 4.57 Å². The molecule has 0 unspecified atom stereocenters. The molecule has 0 aliphatic heterocycles. The van der Waals surface area contributed by atoms with Crippen molar-refractivity contribution in [2.45, 2.75) is 86.1 Å². The first-order valence-electron chi connectivity index (χ1n) is 11.6. The topological polar surface area (TPSA) is 60.6 Å². The number of imidazole rings is 1. The highest BCUT2D eigenvalue weighted by atomic mass is 15.2. The molecule has 2 heterocycles. The van der Waals surface area contributed by atoms with Crippen LogP contribution >= 0.6 is 0 Å². The number of fused-ring (bicyclic) bond motifs is 1. The number of aromatic nitrogens is 4. The van der Waals surface area contributed by atoms with E-state index in [9.17, 15) is 0 Å². The van der Waals surface area contributed by atoms with Crippen molar-refractivity contribution in [2.75, 3.05) is 5.73 Å². The molecule has 0 fully saturated rings. The Labute approximate surface area is 187 Å². The molecule has 1 aliphatic carbocycles. The number of hydrogen-bond acceptors (Lipinski definition) is 3. The SMILES string of the molecule is CC1=C(CC/C(C)=C/CC/C(C)=C/Cn2c[n+](C)c3ncnc(N)c32)C(C)(C)CCC1. The summed E-state index contributed by atoms with van der Waals surface area (Å²) in [4.78, 5) is 8.49. The summed E-state index contributed by atoms with van der Waals surface area (Å²) < 4.78 is 4.12. The Bertz CT molecular complexity index is 1020. The highest BCUT2D eigenvalue weighted by Gasteiger charge is 2.27. The monoisotopic (exact) mass is 422 g/mol. The van der Waals surface area contributed by atoms with Crippen LogP contribution in [-0.4, -0.2) is 14.5 Å². The fourth-order valence-electron chi connectivity index (χ4n) is 4.93. The highest BCUT2D eigenvalue weighted by molar-refractivity contribution is 5.79. The Morgan fingerprint density at radius 3 is 2.68 bits per heavy atom. The van der Waals surface area contributed by atoms with Gasteiger partial charge in [-0.25, -0.2) is 4.57 Å². The van der Waals surface area contributed by atoms with Crippen molar-refractivity contribution in [1.29, 1.82) is 0 Å². The molecule has 0 atom stereocenters. The predicted octanol–water partition coefficient (Wildman–Crippen LogP) is 5.82. The summed E-state index contributed by atoms with van der Waals surface area (Å²) in [6.45, 7) is 12.5. The van der Waals surface area contributed by atoms with E-state index in [1.165, 1.54) is 49.6 Å². The van der Waals surface area contributed by atoms with E-state index in [-0.39, 0.29) is 0 Å². The predicted molar refractivity (Wildman–Crippen MR) is 129 cm³/mol. The lowest BCUT2D eigenvalue weighted by molar-refractivity contribution is -0.647. The van der Waals surface area contributed by atoms with Gasteiger partial charge in [-0.15, -0.1) is 0 Å². The van der Waals surface area contributed by atoms with E-state index in [4.69, 9.17) is 5.73 Å². The van der Waals surface area contributed by atoms with Gasteiger partial charge in [0.15, 0.2) is 18.5 Å². The Kier molecular flexibility index (Phi) is 7.34. The van der Waals surface area contributed by atoms with Crippen LogP contribution in [0.15, 0.2) is 47.1 Å². The molecule has 31 heavy (non-hydrogen) atoms. The zero-order valence-electron chi connectivity index (χ0n) is 20.3. The van der Waals surface area contributed by atoms with Gasteiger partial charge in [-0.1, -0.05) is 53.3 Å². The number of nitrogens with two attached hydrogens (primary N) is 1. The van der Waals surface area contributed by atoms with E-state index in [2.05, 4.69) is 61.3 Å². The van der Waals surface area contributed by atoms with Crippen molar-refractivity contribution in [3.63, 3.8) is 0 Å².